The number of amides is 1. The van der Waals surface area contributed by atoms with Gasteiger partial charge in [0.2, 0.25) is 0 Å². The van der Waals surface area contributed by atoms with Crippen molar-refractivity contribution in [3.8, 4) is 0 Å². The van der Waals surface area contributed by atoms with Crippen LogP contribution in [0.4, 0.5) is 11.5 Å². The summed E-state index contributed by atoms with van der Waals surface area (Å²) in [7, 11) is 0. The molecule has 1 amide bonds. The van der Waals surface area contributed by atoms with E-state index in [4.69, 9.17) is 11.6 Å². The summed E-state index contributed by atoms with van der Waals surface area (Å²) in [6.45, 7) is 4.45. The third kappa shape index (κ3) is 4.34. The molecule has 0 aliphatic carbocycles. The summed E-state index contributed by atoms with van der Waals surface area (Å²) in [4.78, 5) is 16.4. The number of carbonyl (C=O) groups is 1. The van der Waals surface area contributed by atoms with Gasteiger partial charge in [0, 0.05) is 18.9 Å². The molecule has 2 heterocycles. The lowest BCUT2D eigenvalue weighted by Crippen LogP contribution is -2.16. The fourth-order valence-electron chi connectivity index (χ4n) is 2.49. The van der Waals surface area contributed by atoms with Crippen LogP contribution in [0.25, 0.3) is 0 Å². The van der Waals surface area contributed by atoms with E-state index in [9.17, 15) is 4.79 Å². The minimum absolute atomic E-state index is 0.218. The highest BCUT2D eigenvalue weighted by Crippen LogP contribution is 2.27. The van der Waals surface area contributed by atoms with E-state index in [1.165, 1.54) is 0 Å². The molecule has 0 atom stereocenters. The van der Waals surface area contributed by atoms with Gasteiger partial charge in [-0.2, -0.15) is 0 Å². The molecule has 7 heteroatoms. The molecule has 0 unspecified atom stereocenters. The number of nitrogens with one attached hydrogen (secondary N) is 2. The predicted molar refractivity (Wildman–Crippen MR) is 102 cm³/mol. The van der Waals surface area contributed by atoms with Gasteiger partial charge in [0.25, 0.3) is 5.91 Å². The van der Waals surface area contributed by atoms with Gasteiger partial charge >= 0.3 is 0 Å². The van der Waals surface area contributed by atoms with Gasteiger partial charge in [0.05, 0.1) is 10.7 Å². The molecule has 0 aliphatic rings. The van der Waals surface area contributed by atoms with Gasteiger partial charge in [0.15, 0.2) is 5.69 Å². The number of hydrogen-bond acceptors (Lipinski definition) is 5. The smallest absolute Gasteiger partial charge is 0.276 e. The first-order valence-corrected chi connectivity index (χ1v) is 8.45. The number of aryl methyl sites for hydroxylation is 2. The zero-order chi connectivity index (χ0) is 18.5. The number of anilines is 2. The Kier molecular flexibility index (Phi) is 5.43. The van der Waals surface area contributed by atoms with Crippen molar-refractivity contribution >= 4 is 29.0 Å². The Balaban J connectivity index is 1.66. The van der Waals surface area contributed by atoms with Gasteiger partial charge in [-0.1, -0.05) is 17.7 Å². The van der Waals surface area contributed by atoms with Crippen LogP contribution in [0.3, 0.4) is 0 Å². The molecule has 2 N–H and O–H groups in total. The van der Waals surface area contributed by atoms with E-state index < -0.39 is 0 Å². The van der Waals surface area contributed by atoms with Crippen LogP contribution in [-0.2, 0) is 6.54 Å². The number of halogens is 1. The second-order valence-corrected chi connectivity index (χ2v) is 6.31. The SMILES string of the molecule is Cc1cc(C)c(NC(=O)c2ccc(NCc3ccncc3)nn2)c(Cl)c1. The summed E-state index contributed by atoms with van der Waals surface area (Å²) in [6, 6.07) is 10.9. The quantitative estimate of drug-likeness (QED) is 0.712. The van der Waals surface area contributed by atoms with Crippen LogP contribution in [0.2, 0.25) is 5.02 Å². The molecule has 26 heavy (non-hydrogen) atoms. The van der Waals surface area contributed by atoms with Crippen LogP contribution in [0, 0.1) is 13.8 Å². The second-order valence-electron chi connectivity index (χ2n) is 5.91. The van der Waals surface area contributed by atoms with Crippen molar-refractivity contribution in [3.63, 3.8) is 0 Å². The molecule has 6 nitrogen and oxygen atoms in total. The molecule has 0 saturated heterocycles. The zero-order valence-corrected chi connectivity index (χ0v) is 15.2. The zero-order valence-electron chi connectivity index (χ0n) is 14.5. The first kappa shape index (κ1) is 17.8. The molecule has 0 saturated carbocycles. The highest BCUT2D eigenvalue weighted by atomic mass is 35.5. The van der Waals surface area contributed by atoms with Gasteiger partial charge in [0.1, 0.15) is 5.82 Å². The predicted octanol–water partition coefficient (Wildman–Crippen LogP) is 4.01. The third-order valence-corrected chi connectivity index (χ3v) is 4.09. The van der Waals surface area contributed by atoms with Gasteiger partial charge in [-0.05, 0) is 60.9 Å². The van der Waals surface area contributed by atoms with Crippen molar-refractivity contribution in [2.75, 3.05) is 10.6 Å². The van der Waals surface area contributed by atoms with Crippen LogP contribution in [0.1, 0.15) is 27.2 Å². The monoisotopic (exact) mass is 367 g/mol. The highest BCUT2D eigenvalue weighted by Gasteiger charge is 2.13. The number of benzene rings is 1. The van der Waals surface area contributed by atoms with E-state index in [1.54, 1.807) is 24.5 Å². The summed E-state index contributed by atoms with van der Waals surface area (Å²) < 4.78 is 0. The summed E-state index contributed by atoms with van der Waals surface area (Å²) in [5.74, 6) is 0.231. The van der Waals surface area contributed by atoms with Crippen molar-refractivity contribution in [1.82, 2.24) is 15.2 Å². The largest absolute Gasteiger partial charge is 0.365 e. The Hall–Kier alpha value is -2.99. The van der Waals surface area contributed by atoms with Gasteiger partial charge < -0.3 is 10.6 Å². The Bertz CT molecular complexity index is 890. The van der Waals surface area contributed by atoms with Gasteiger partial charge in [-0.3, -0.25) is 9.78 Å². The van der Waals surface area contributed by atoms with Crippen LogP contribution >= 0.6 is 11.6 Å². The van der Waals surface area contributed by atoms with E-state index in [2.05, 4.69) is 25.8 Å². The normalized spacial score (nSPS) is 10.4. The van der Waals surface area contributed by atoms with Gasteiger partial charge in [-0.25, -0.2) is 0 Å². The summed E-state index contributed by atoms with van der Waals surface area (Å²) in [5, 5.41) is 14.5. The number of hydrogen-bond donors (Lipinski definition) is 2. The highest BCUT2D eigenvalue weighted by molar-refractivity contribution is 6.34. The molecular formula is C19H18ClN5O. The number of carbonyl (C=O) groups excluding carboxylic acids is 1. The van der Waals surface area contributed by atoms with Crippen LogP contribution in [0.5, 0.6) is 0 Å². The topological polar surface area (TPSA) is 79.8 Å². The molecule has 0 spiro atoms. The van der Waals surface area contributed by atoms with Crippen molar-refractivity contribution in [3.05, 3.63) is 76.2 Å². The summed E-state index contributed by atoms with van der Waals surface area (Å²) in [5.41, 5.74) is 3.81. The summed E-state index contributed by atoms with van der Waals surface area (Å²) in [6.07, 6.45) is 3.46. The molecule has 0 bridgehead atoms. The fraction of sp³-hybridized carbons (Fsp3) is 0.158. The molecule has 0 aliphatic heterocycles. The maximum Gasteiger partial charge on any atom is 0.276 e. The number of rotatable bonds is 5. The van der Waals surface area contributed by atoms with Crippen molar-refractivity contribution in [2.24, 2.45) is 0 Å². The first-order valence-electron chi connectivity index (χ1n) is 8.07. The summed E-state index contributed by atoms with van der Waals surface area (Å²) >= 11 is 6.23. The van der Waals surface area contributed by atoms with Crippen LogP contribution < -0.4 is 10.6 Å². The second kappa shape index (κ2) is 7.93. The molecule has 1 aromatic carbocycles. The third-order valence-electron chi connectivity index (χ3n) is 3.79. The van der Waals surface area contributed by atoms with Crippen molar-refractivity contribution < 1.29 is 4.79 Å². The van der Waals surface area contributed by atoms with E-state index in [-0.39, 0.29) is 11.6 Å². The lowest BCUT2D eigenvalue weighted by molar-refractivity contribution is 0.102. The average Bonchev–Trinajstić information content (AvgIpc) is 2.64. The van der Waals surface area contributed by atoms with Crippen LogP contribution in [0.15, 0.2) is 48.8 Å². The lowest BCUT2D eigenvalue weighted by atomic mass is 10.1. The standard InChI is InChI=1S/C19H18ClN5O/c1-12-9-13(2)18(15(20)10-12)23-19(26)16-3-4-17(25-24-16)22-11-14-5-7-21-8-6-14/h3-10H,11H2,1-2H3,(H,22,25)(H,23,26). The fourth-order valence-corrected chi connectivity index (χ4v) is 2.86. The van der Waals surface area contributed by atoms with E-state index >= 15 is 0 Å². The van der Waals surface area contributed by atoms with E-state index in [0.29, 0.717) is 23.1 Å². The molecule has 2 aromatic heterocycles. The Morgan fingerprint density at radius 3 is 2.50 bits per heavy atom. The molecule has 0 fully saturated rings. The van der Waals surface area contributed by atoms with E-state index in [0.717, 1.165) is 16.7 Å². The maximum atomic E-state index is 12.4. The Morgan fingerprint density at radius 1 is 1.08 bits per heavy atom. The number of nitrogens with zero attached hydrogens (tertiary/aromatic N) is 3. The molecule has 3 aromatic rings. The molecule has 132 valence electrons. The van der Waals surface area contributed by atoms with Crippen LogP contribution in [-0.4, -0.2) is 21.1 Å². The minimum atomic E-state index is -0.355. The first-order chi connectivity index (χ1) is 12.5. The van der Waals surface area contributed by atoms with Crippen molar-refractivity contribution in [1.29, 1.82) is 0 Å². The number of pyridine rings is 1. The number of aromatic nitrogens is 3. The average molecular weight is 368 g/mol. The Morgan fingerprint density at radius 2 is 1.85 bits per heavy atom. The van der Waals surface area contributed by atoms with Crippen molar-refractivity contribution in [2.45, 2.75) is 20.4 Å². The molecular weight excluding hydrogens is 350 g/mol. The van der Waals surface area contributed by atoms with E-state index in [1.807, 2.05) is 38.1 Å². The molecule has 0 radical (unpaired) electrons. The molecule has 3 rings (SSSR count). The minimum Gasteiger partial charge on any atom is -0.365 e. The van der Waals surface area contributed by atoms with Gasteiger partial charge in [-0.15, -0.1) is 10.2 Å². The lowest BCUT2D eigenvalue weighted by Gasteiger charge is -2.11. The Labute approximate surface area is 156 Å². The maximum absolute atomic E-state index is 12.4.